The monoisotopic (exact) mass is 262 g/mol. The summed E-state index contributed by atoms with van der Waals surface area (Å²) in [6, 6.07) is 2.01. The smallest absolute Gasteiger partial charge is 0.222 e. The van der Waals surface area contributed by atoms with Crippen LogP contribution in [0.3, 0.4) is 0 Å². The van der Waals surface area contributed by atoms with Crippen molar-refractivity contribution in [3.05, 3.63) is 17.6 Å². The van der Waals surface area contributed by atoms with Crippen molar-refractivity contribution in [1.82, 2.24) is 15.3 Å². The van der Waals surface area contributed by atoms with Crippen LogP contribution in [-0.2, 0) is 11.3 Å². The second-order valence-corrected chi connectivity index (χ2v) is 5.35. The third kappa shape index (κ3) is 3.66. The lowest BCUT2D eigenvalue weighted by Crippen LogP contribution is -2.28. The first-order valence-corrected chi connectivity index (χ1v) is 6.93. The zero-order valence-corrected chi connectivity index (χ0v) is 11.9. The van der Waals surface area contributed by atoms with Gasteiger partial charge in [-0.1, -0.05) is 13.8 Å². The SMILES string of the molecule is Cc1cc(N2CCCC2)nc(CNC(=O)C(C)C)n1. The van der Waals surface area contributed by atoms with E-state index in [0.717, 1.165) is 24.6 Å². The summed E-state index contributed by atoms with van der Waals surface area (Å²) < 4.78 is 0. The molecule has 0 aromatic carbocycles. The molecule has 1 N–H and O–H groups in total. The minimum absolute atomic E-state index is 0.0112. The Morgan fingerprint density at radius 2 is 2.05 bits per heavy atom. The lowest BCUT2D eigenvalue weighted by atomic mass is 10.2. The molecule has 1 amide bonds. The van der Waals surface area contributed by atoms with Gasteiger partial charge in [0.15, 0.2) is 0 Å². The van der Waals surface area contributed by atoms with Crippen molar-refractivity contribution in [3.8, 4) is 0 Å². The van der Waals surface area contributed by atoms with Crippen LogP contribution in [0.2, 0.25) is 0 Å². The second kappa shape index (κ2) is 5.99. The Balaban J connectivity index is 2.06. The zero-order chi connectivity index (χ0) is 13.8. The Labute approximate surface area is 114 Å². The first-order chi connectivity index (χ1) is 9.06. The summed E-state index contributed by atoms with van der Waals surface area (Å²) in [7, 11) is 0. The van der Waals surface area contributed by atoms with Gasteiger partial charge in [0.1, 0.15) is 11.6 Å². The largest absolute Gasteiger partial charge is 0.357 e. The molecule has 19 heavy (non-hydrogen) atoms. The molecule has 0 atom stereocenters. The van der Waals surface area contributed by atoms with E-state index in [1.165, 1.54) is 12.8 Å². The fourth-order valence-electron chi connectivity index (χ4n) is 2.17. The highest BCUT2D eigenvalue weighted by Crippen LogP contribution is 2.18. The quantitative estimate of drug-likeness (QED) is 0.896. The predicted octanol–water partition coefficient (Wildman–Crippen LogP) is 1.66. The summed E-state index contributed by atoms with van der Waals surface area (Å²) >= 11 is 0. The number of amides is 1. The summed E-state index contributed by atoms with van der Waals surface area (Å²) in [5.41, 5.74) is 0.950. The van der Waals surface area contributed by atoms with Crippen molar-refractivity contribution in [2.75, 3.05) is 18.0 Å². The number of aromatic nitrogens is 2. The van der Waals surface area contributed by atoms with Gasteiger partial charge in [-0.05, 0) is 19.8 Å². The standard InChI is InChI=1S/C14H22N4O/c1-10(2)14(19)15-9-12-16-11(3)8-13(17-12)18-6-4-5-7-18/h8,10H,4-7,9H2,1-3H3,(H,15,19). The Bertz CT molecular complexity index is 453. The third-order valence-electron chi connectivity index (χ3n) is 3.26. The highest BCUT2D eigenvalue weighted by Gasteiger charge is 2.15. The lowest BCUT2D eigenvalue weighted by molar-refractivity contribution is -0.124. The first-order valence-electron chi connectivity index (χ1n) is 6.93. The van der Waals surface area contributed by atoms with Crippen LogP contribution in [0.5, 0.6) is 0 Å². The van der Waals surface area contributed by atoms with Crippen LogP contribution in [0.15, 0.2) is 6.07 Å². The number of nitrogens with one attached hydrogen (secondary N) is 1. The van der Waals surface area contributed by atoms with E-state index in [1.807, 2.05) is 26.8 Å². The van der Waals surface area contributed by atoms with Crippen LogP contribution in [0, 0.1) is 12.8 Å². The van der Waals surface area contributed by atoms with Crippen molar-refractivity contribution in [3.63, 3.8) is 0 Å². The molecule has 5 nitrogen and oxygen atoms in total. The van der Waals surface area contributed by atoms with Gasteiger partial charge in [-0.3, -0.25) is 4.79 Å². The van der Waals surface area contributed by atoms with E-state index in [1.54, 1.807) is 0 Å². The van der Waals surface area contributed by atoms with Gasteiger partial charge >= 0.3 is 0 Å². The van der Waals surface area contributed by atoms with Crippen molar-refractivity contribution in [1.29, 1.82) is 0 Å². The predicted molar refractivity (Wildman–Crippen MR) is 74.9 cm³/mol. The maximum atomic E-state index is 11.6. The van der Waals surface area contributed by atoms with Crippen molar-refractivity contribution >= 4 is 11.7 Å². The minimum atomic E-state index is -0.0112. The van der Waals surface area contributed by atoms with E-state index in [-0.39, 0.29) is 11.8 Å². The number of rotatable bonds is 4. The van der Waals surface area contributed by atoms with E-state index in [2.05, 4.69) is 20.2 Å². The van der Waals surface area contributed by atoms with Crippen LogP contribution < -0.4 is 10.2 Å². The molecule has 1 fully saturated rings. The average molecular weight is 262 g/mol. The van der Waals surface area contributed by atoms with E-state index in [4.69, 9.17) is 0 Å². The minimum Gasteiger partial charge on any atom is -0.357 e. The number of hydrogen-bond acceptors (Lipinski definition) is 4. The topological polar surface area (TPSA) is 58.1 Å². The molecule has 0 bridgehead atoms. The molecule has 5 heteroatoms. The van der Waals surface area contributed by atoms with Crippen molar-refractivity contribution in [2.45, 2.75) is 40.2 Å². The molecule has 0 unspecified atom stereocenters. The van der Waals surface area contributed by atoms with Gasteiger partial charge in [-0.2, -0.15) is 0 Å². The number of anilines is 1. The molecule has 1 aromatic heterocycles. The summed E-state index contributed by atoms with van der Waals surface area (Å²) in [6.45, 7) is 8.25. The Morgan fingerprint density at radius 1 is 1.37 bits per heavy atom. The summed E-state index contributed by atoms with van der Waals surface area (Å²) in [5, 5.41) is 2.86. The number of aryl methyl sites for hydroxylation is 1. The molecule has 0 radical (unpaired) electrons. The van der Waals surface area contributed by atoms with Gasteiger partial charge in [0.25, 0.3) is 0 Å². The fraction of sp³-hybridized carbons (Fsp3) is 0.643. The molecule has 1 aliphatic heterocycles. The van der Waals surface area contributed by atoms with E-state index in [9.17, 15) is 4.79 Å². The van der Waals surface area contributed by atoms with Gasteiger partial charge in [-0.15, -0.1) is 0 Å². The van der Waals surface area contributed by atoms with E-state index < -0.39 is 0 Å². The normalized spacial score (nSPS) is 15.1. The van der Waals surface area contributed by atoms with Crippen molar-refractivity contribution < 1.29 is 4.79 Å². The maximum absolute atomic E-state index is 11.6. The van der Waals surface area contributed by atoms with E-state index >= 15 is 0 Å². The summed E-state index contributed by atoms with van der Waals surface area (Å²) in [4.78, 5) is 22.8. The molecule has 104 valence electrons. The number of nitrogens with zero attached hydrogens (tertiary/aromatic N) is 3. The van der Waals surface area contributed by atoms with Gasteiger partial charge in [0, 0.05) is 30.8 Å². The lowest BCUT2D eigenvalue weighted by Gasteiger charge is -2.17. The van der Waals surface area contributed by atoms with Crippen LogP contribution in [0.4, 0.5) is 5.82 Å². The molecule has 0 spiro atoms. The van der Waals surface area contributed by atoms with Gasteiger partial charge in [-0.25, -0.2) is 9.97 Å². The third-order valence-corrected chi connectivity index (χ3v) is 3.26. The summed E-state index contributed by atoms with van der Waals surface area (Å²) in [6.07, 6.45) is 2.45. The number of hydrogen-bond donors (Lipinski definition) is 1. The highest BCUT2D eigenvalue weighted by atomic mass is 16.1. The molecule has 2 heterocycles. The van der Waals surface area contributed by atoms with E-state index in [0.29, 0.717) is 12.4 Å². The average Bonchev–Trinajstić information content (AvgIpc) is 2.89. The van der Waals surface area contributed by atoms with Gasteiger partial charge in [0.05, 0.1) is 6.54 Å². The highest BCUT2D eigenvalue weighted by molar-refractivity contribution is 5.77. The molecule has 0 saturated carbocycles. The van der Waals surface area contributed by atoms with Crippen LogP contribution in [0.25, 0.3) is 0 Å². The Morgan fingerprint density at radius 3 is 2.68 bits per heavy atom. The first kappa shape index (κ1) is 13.8. The molecule has 1 aromatic rings. The molecular weight excluding hydrogens is 240 g/mol. The van der Waals surface area contributed by atoms with Gasteiger partial charge in [0.2, 0.25) is 5.91 Å². The number of carbonyl (C=O) groups is 1. The van der Waals surface area contributed by atoms with Crippen LogP contribution in [-0.4, -0.2) is 29.0 Å². The zero-order valence-electron chi connectivity index (χ0n) is 11.9. The van der Waals surface area contributed by atoms with Crippen LogP contribution >= 0.6 is 0 Å². The Kier molecular flexibility index (Phi) is 4.35. The molecule has 0 aliphatic carbocycles. The van der Waals surface area contributed by atoms with Gasteiger partial charge < -0.3 is 10.2 Å². The maximum Gasteiger partial charge on any atom is 0.222 e. The molecule has 1 aliphatic rings. The van der Waals surface area contributed by atoms with Crippen LogP contribution in [0.1, 0.15) is 38.2 Å². The molecule has 1 saturated heterocycles. The molecular formula is C14H22N4O. The molecule has 2 rings (SSSR count). The number of carbonyl (C=O) groups excluding carboxylic acids is 1. The Hall–Kier alpha value is -1.65. The second-order valence-electron chi connectivity index (χ2n) is 5.35. The fourth-order valence-corrected chi connectivity index (χ4v) is 2.17. The van der Waals surface area contributed by atoms with Crippen molar-refractivity contribution in [2.24, 2.45) is 5.92 Å². The summed E-state index contributed by atoms with van der Waals surface area (Å²) in [5.74, 6) is 1.70.